The van der Waals surface area contributed by atoms with Crippen molar-refractivity contribution >= 4 is 11.8 Å². The van der Waals surface area contributed by atoms with Crippen LogP contribution < -0.4 is 10.6 Å². The Kier molecular flexibility index (Phi) is 5.33. The molecule has 0 spiro atoms. The molecule has 2 amide bonds. The molecule has 1 saturated carbocycles. The molecule has 2 aliphatic rings. The van der Waals surface area contributed by atoms with Crippen molar-refractivity contribution in [3.63, 3.8) is 0 Å². The van der Waals surface area contributed by atoms with Crippen molar-refractivity contribution in [2.24, 2.45) is 0 Å². The van der Waals surface area contributed by atoms with Gasteiger partial charge in [0.05, 0.1) is 18.7 Å². The van der Waals surface area contributed by atoms with E-state index in [-0.39, 0.29) is 24.3 Å². The smallest absolute Gasteiger partial charge is 0.237 e. The third-order valence-corrected chi connectivity index (χ3v) is 4.82. The largest absolute Gasteiger partial charge is 0.469 e. The molecule has 1 aromatic rings. The highest BCUT2D eigenvalue weighted by Crippen LogP contribution is 2.26. The Morgan fingerprint density at radius 3 is 2.96 bits per heavy atom. The fraction of sp³-hybridized carbons (Fsp3) is 0.647. The summed E-state index contributed by atoms with van der Waals surface area (Å²) in [5, 5.41) is 5.79. The van der Waals surface area contributed by atoms with Crippen LogP contribution in [0.4, 0.5) is 0 Å². The first-order valence-corrected chi connectivity index (χ1v) is 8.56. The number of hydrogen-bond acceptors (Lipinski definition) is 4. The van der Waals surface area contributed by atoms with E-state index in [1.807, 2.05) is 12.1 Å². The number of hydrogen-bond donors (Lipinski definition) is 2. The first-order chi connectivity index (χ1) is 11.2. The van der Waals surface area contributed by atoms with Crippen molar-refractivity contribution in [2.45, 2.75) is 50.6 Å². The van der Waals surface area contributed by atoms with Crippen LogP contribution in [-0.2, 0) is 16.0 Å². The lowest BCUT2D eigenvalue weighted by molar-refractivity contribution is -0.135. The van der Waals surface area contributed by atoms with Gasteiger partial charge in [0.2, 0.25) is 11.8 Å². The lowest BCUT2D eigenvalue weighted by Gasteiger charge is -2.38. The van der Waals surface area contributed by atoms with E-state index in [0.29, 0.717) is 25.6 Å². The van der Waals surface area contributed by atoms with Crippen LogP contribution in [0.15, 0.2) is 22.8 Å². The van der Waals surface area contributed by atoms with Gasteiger partial charge in [0.1, 0.15) is 5.76 Å². The monoisotopic (exact) mass is 319 g/mol. The maximum absolute atomic E-state index is 12.2. The molecule has 0 radical (unpaired) electrons. The van der Waals surface area contributed by atoms with Crippen LogP contribution in [-0.4, -0.2) is 48.4 Å². The van der Waals surface area contributed by atoms with Crippen molar-refractivity contribution in [2.75, 3.05) is 19.6 Å². The van der Waals surface area contributed by atoms with Gasteiger partial charge in [-0.05, 0) is 25.0 Å². The molecule has 126 valence electrons. The summed E-state index contributed by atoms with van der Waals surface area (Å²) in [6.45, 7) is 2.07. The van der Waals surface area contributed by atoms with Gasteiger partial charge in [-0.25, -0.2) is 0 Å². The van der Waals surface area contributed by atoms with E-state index in [1.165, 1.54) is 12.8 Å². The lowest BCUT2D eigenvalue weighted by atomic mass is 10.0. The van der Waals surface area contributed by atoms with Crippen LogP contribution in [0.1, 0.15) is 37.9 Å². The van der Waals surface area contributed by atoms with E-state index in [9.17, 15) is 9.59 Å². The number of amides is 2. The van der Waals surface area contributed by atoms with Gasteiger partial charge < -0.3 is 15.1 Å². The Labute approximate surface area is 136 Å². The Morgan fingerprint density at radius 2 is 2.22 bits per heavy atom. The highest BCUT2D eigenvalue weighted by atomic mass is 16.3. The van der Waals surface area contributed by atoms with Gasteiger partial charge in [0.25, 0.3) is 0 Å². The zero-order valence-electron chi connectivity index (χ0n) is 13.4. The molecule has 6 heteroatoms. The second-order valence-electron chi connectivity index (χ2n) is 6.37. The van der Waals surface area contributed by atoms with E-state index in [2.05, 4.69) is 15.5 Å². The molecular formula is C17H25N3O3. The quantitative estimate of drug-likeness (QED) is 0.822. The van der Waals surface area contributed by atoms with Crippen LogP contribution in [0.5, 0.6) is 0 Å². The Morgan fingerprint density at radius 1 is 1.39 bits per heavy atom. The average molecular weight is 319 g/mol. The van der Waals surface area contributed by atoms with Crippen molar-refractivity contribution in [3.05, 3.63) is 24.2 Å². The van der Waals surface area contributed by atoms with E-state index < -0.39 is 0 Å². The highest BCUT2D eigenvalue weighted by molar-refractivity contribution is 5.88. The third kappa shape index (κ3) is 4.13. The standard InChI is InChI=1S/C17H25N3O3/c21-16(18-8-7-14-6-3-11-23-14)12-15-17(22)19-9-10-20(15)13-4-1-2-5-13/h3,6,11,13,15H,1-2,4-5,7-10,12H2,(H,18,21)(H,19,22). The van der Waals surface area contributed by atoms with Crippen LogP contribution in [0.3, 0.4) is 0 Å². The molecule has 1 aliphatic carbocycles. The maximum Gasteiger partial charge on any atom is 0.237 e. The van der Waals surface area contributed by atoms with Gasteiger partial charge in [0.15, 0.2) is 0 Å². The average Bonchev–Trinajstić information content (AvgIpc) is 3.22. The summed E-state index contributed by atoms with van der Waals surface area (Å²) in [6, 6.07) is 3.86. The lowest BCUT2D eigenvalue weighted by Crippen LogP contribution is -2.59. The van der Waals surface area contributed by atoms with Crippen molar-refractivity contribution < 1.29 is 14.0 Å². The van der Waals surface area contributed by atoms with Crippen molar-refractivity contribution in [1.82, 2.24) is 15.5 Å². The SMILES string of the molecule is O=C(CC1C(=O)NCCN1C1CCCC1)NCCc1ccco1. The third-order valence-electron chi connectivity index (χ3n) is 4.82. The topological polar surface area (TPSA) is 74.6 Å². The normalized spacial score (nSPS) is 23.0. The minimum atomic E-state index is -0.324. The fourth-order valence-corrected chi connectivity index (χ4v) is 3.64. The molecule has 3 rings (SSSR count). The Balaban J connectivity index is 1.50. The van der Waals surface area contributed by atoms with E-state index in [0.717, 1.165) is 25.1 Å². The summed E-state index contributed by atoms with van der Waals surface area (Å²) in [4.78, 5) is 26.7. The summed E-state index contributed by atoms with van der Waals surface area (Å²) in [5.41, 5.74) is 0. The molecule has 1 aromatic heterocycles. The molecule has 23 heavy (non-hydrogen) atoms. The minimum Gasteiger partial charge on any atom is -0.469 e. The summed E-state index contributed by atoms with van der Waals surface area (Å²) in [7, 11) is 0. The number of carbonyl (C=O) groups excluding carboxylic acids is 2. The first kappa shape index (κ1) is 16.1. The minimum absolute atomic E-state index is 0.00988. The van der Waals surface area contributed by atoms with Gasteiger partial charge in [-0.3, -0.25) is 14.5 Å². The predicted molar refractivity (Wildman–Crippen MR) is 85.8 cm³/mol. The molecule has 0 aromatic carbocycles. The molecule has 2 heterocycles. The van der Waals surface area contributed by atoms with Crippen LogP contribution >= 0.6 is 0 Å². The molecular weight excluding hydrogens is 294 g/mol. The maximum atomic E-state index is 12.2. The molecule has 1 atom stereocenters. The summed E-state index contributed by atoms with van der Waals surface area (Å²) < 4.78 is 5.24. The van der Waals surface area contributed by atoms with Gasteiger partial charge in [0, 0.05) is 32.1 Å². The second-order valence-corrected chi connectivity index (χ2v) is 6.37. The molecule has 1 unspecified atom stereocenters. The first-order valence-electron chi connectivity index (χ1n) is 8.56. The molecule has 2 N–H and O–H groups in total. The van der Waals surface area contributed by atoms with Gasteiger partial charge >= 0.3 is 0 Å². The van der Waals surface area contributed by atoms with Crippen LogP contribution in [0, 0.1) is 0 Å². The zero-order valence-corrected chi connectivity index (χ0v) is 13.4. The number of nitrogens with zero attached hydrogens (tertiary/aromatic N) is 1. The zero-order chi connectivity index (χ0) is 16.1. The molecule has 0 bridgehead atoms. The van der Waals surface area contributed by atoms with Gasteiger partial charge in [-0.2, -0.15) is 0 Å². The Bertz CT molecular complexity index is 523. The Hall–Kier alpha value is -1.82. The second kappa shape index (κ2) is 7.64. The van der Waals surface area contributed by atoms with Gasteiger partial charge in [-0.15, -0.1) is 0 Å². The van der Waals surface area contributed by atoms with Crippen molar-refractivity contribution in [1.29, 1.82) is 0 Å². The molecule has 2 fully saturated rings. The number of rotatable bonds is 6. The number of furan rings is 1. The summed E-state index contributed by atoms with van der Waals surface area (Å²) >= 11 is 0. The van der Waals surface area contributed by atoms with E-state index in [1.54, 1.807) is 6.26 Å². The molecule has 6 nitrogen and oxygen atoms in total. The number of piperazine rings is 1. The van der Waals surface area contributed by atoms with E-state index >= 15 is 0 Å². The fourth-order valence-electron chi connectivity index (χ4n) is 3.64. The van der Waals surface area contributed by atoms with Gasteiger partial charge in [-0.1, -0.05) is 12.8 Å². The molecule has 1 saturated heterocycles. The predicted octanol–water partition coefficient (Wildman–Crippen LogP) is 1.07. The van der Waals surface area contributed by atoms with Crippen molar-refractivity contribution in [3.8, 4) is 0 Å². The number of carbonyl (C=O) groups is 2. The van der Waals surface area contributed by atoms with Crippen LogP contribution in [0.25, 0.3) is 0 Å². The molecule has 1 aliphatic heterocycles. The number of nitrogens with one attached hydrogen (secondary N) is 2. The van der Waals surface area contributed by atoms with Crippen LogP contribution in [0.2, 0.25) is 0 Å². The summed E-state index contributed by atoms with van der Waals surface area (Å²) in [6.07, 6.45) is 7.27. The summed E-state index contributed by atoms with van der Waals surface area (Å²) in [5.74, 6) is 0.777. The highest BCUT2D eigenvalue weighted by Gasteiger charge is 2.36. The van der Waals surface area contributed by atoms with E-state index in [4.69, 9.17) is 4.42 Å².